The van der Waals surface area contributed by atoms with Gasteiger partial charge in [-0.25, -0.2) is 0 Å². The van der Waals surface area contributed by atoms with E-state index in [0.29, 0.717) is 0 Å². The molecule has 0 bridgehead atoms. The molecule has 0 fully saturated rings. The van der Waals surface area contributed by atoms with E-state index in [0.717, 1.165) is 31.0 Å². The lowest BCUT2D eigenvalue weighted by Crippen LogP contribution is -2.22. The van der Waals surface area contributed by atoms with E-state index in [9.17, 15) is 0 Å². The molecule has 25 heavy (non-hydrogen) atoms. The van der Waals surface area contributed by atoms with Crippen molar-refractivity contribution in [2.24, 2.45) is 0 Å². The van der Waals surface area contributed by atoms with E-state index in [-0.39, 0.29) is 0 Å². The first-order valence-electron chi connectivity index (χ1n) is 8.55. The first kappa shape index (κ1) is 17.1. The number of nitrogens with zero attached hydrogens (tertiary/aromatic N) is 1. The molecule has 0 aromatic heterocycles. The van der Waals surface area contributed by atoms with Gasteiger partial charge in [-0.3, -0.25) is 4.90 Å². The van der Waals surface area contributed by atoms with Gasteiger partial charge in [0.2, 0.25) is 0 Å². The smallest absolute Gasteiger partial charge is 0.0314 e. The van der Waals surface area contributed by atoms with Crippen LogP contribution >= 0.6 is 0 Å². The molecule has 0 unspecified atom stereocenters. The third kappa shape index (κ3) is 5.10. The molecule has 0 aliphatic rings. The van der Waals surface area contributed by atoms with Gasteiger partial charge in [-0.15, -0.1) is 0 Å². The van der Waals surface area contributed by atoms with E-state index < -0.39 is 0 Å². The van der Waals surface area contributed by atoms with Gasteiger partial charge in [0.1, 0.15) is 0 Å². The molecule has 0 saturated carbocycles. The molecule has 0 aliphatic carbocycles. The summed E-state index contributed by atoms with van der Waals surface area (Å²) in [5.41, 5.74) is 18.3. The molecular weight excluding hydrogens is 306 g/mol. The lowest BCUT2D eigenvalue weighted by atomic mass is 10.1. The van der Waals surface area contributed by atoms with Gasteiger partial charge in [0.05, 0.1) is 0 Å². The van der Waals surface area contributed by atoms with Crippen LogP contribution in [0.4, 0.5) is 11.4 Å². The van der Waals surface area contributed by atoms with Crippen LogP contribution in [0.5, 0.6) is 0 Å². The number of rotatable bonds is 6. The minimum atomic E-state index is 0.798. The fourth-order valence-corrected chi connectivity index (χ4v) is 2.88. The highest BCUT2D eigenvalue weighted by Gasteiger charge is 2.09. The topological polar surface area (TPSA) is 55.3 Å². The Morgan fingerprint density at radius 3 is 1.24 bits per heavy atom. The predicted octanol–water partition coefficient (Wildman–Crippen LogP) is 4.36. The van der Waals surface area contributed by atoms with Crippen molar-refractivity contribution in [2.45, 2.75) is 26.6 Å². The summed E-state index contributed by atoms with van der Waals surface area (Å²) in [6.45, 7) is 4.76. The fraction of sp³-hybridized carbons (Fsp3) is 0.182. The molecule has 0 atom stereocenters. The van der Waals surface area contributed by atoms with Gasteiger partial charge in [-0.2, -0.15) is 0 Å². The second kappa shape index (κ2) is 7.86. The van der Waals surface area contributed by atoms with Gasteiger partial charge in [-0.1, -0.05) is 54.1 Å². The van der Waals surface area contributed by atoms with Crippen molar-refractivity contribution in [1.29, 1.82) is 0 Å². The Morgan fingerprint density at radius 1 is 0.560 bits per heavy atom. The van der Waals surface area contributed by atoms with E-state index in [4.69, 9.17) is 11.5 Å². The third-order valence-electron chi connectivity index (χ3n) is 4.30. The first-order valence-corrected chi connectivity index (χ1v) is 8.55. The second-order valence-corrected chi connectivity index (χ2v) is 6.61. The highest BCUT2D eigenvalue weighted by atomic mass is 15.1. The van der Waals surface area contributed by atoms with E-state index >= 15 is 0 Å². The largest absolute Gasteiger partial charge is 0.399 e. The molecule has 3 aromatic rings. The van der Waals surface area contributed by atoms with Gasteiger partial charge in [-0.05, 0) is 47.9 Å². The van der Waals surface area contributed by atoms with Crippen LogP contribution < -0.4 is 11.5 Å². The van der Waals surface area contributed by atoms with E-state index in [1.807, 2.05) is 24.3 Å². The van der Waals surface area contributed by atoms with E-state index in [2.05, 4.69) is 60.4 Å². The Labute approximate surface area is 149 Å². The van der Waals surface area contributed by atoms with Crippen LogP contribution in [-0.2, 0) is 19.6 Å². The molecule has 3 rings (SSSR count). The molecule has 128 valence electrons. The zero-order valence-electron chi connectivity index (χ0n) is 14.7. The summed E-state index contributed by atoms with van der Waals surface area (Å²) in [5.74, 6) is 0. The summed E-state index contributed by atoms with van der Waals surface area (Å²) in [4.78, 5) is 2.43. The molecule has 3 aromatic carbocycles. The maximum Gasteiger partial charge on any atom is 0.0314 e. The summed E-state index contributed by atoms with van der Waals surface area (Å²) in [7, 11) is 0. The first-order chi connectivity index (χ1) is 12.1. The van der Waals surface area contributed by atoms with Crippen LogP contribution in [0.2, 0.25) is 0 Å². The summed E-state index contributed by atoms with van der Waals surface area (Å²) >= 11 is 0. The lowest BCUT2D eigenvalue weighted by Gasteiger charge is -2.23. The van der Waals surface area contributed by atoms with Crippen molar-refractivity contribution in [3.63, 3.8) is 0 Å². The van der Waals surface area contributed by atoms with Gasteiger partial charge < -0.3 is 11.5 Å². The normalized spacial score (nSPS) is 11.0. The molecule has 0 aliphatic heterocycles. The van der Waals surface area contributed by atoms with Crippen molar-refractivity contribution in [2.75, 3.05) is 11.5 Å². The fourth-order valence-electron chi connectivity index (χ4n) is 2.88. The number of hydrogen-bond donors (Lipinski definition) is 2. The molecule has 3 heteroatoms. The summed E-state index contributed by atoms with van der Waals surface area (Å²) in [6.07, 6.45) is 0. The van der Waals surface area contributed by atoms with Crippen molar-refractivity contribution < 1.29 is 0 Å². The summed E-state index contributed by atoms with van der Waals surface area (Å²) in [5, 5.41) is 0. The van der Waals surface area contributed by atoms with Crippen LogP contribution in [0.1, 0.15) is 22.3 Å². The summed E-state index contributed by atoms with van der Waals surface area (Å²) < 4.78 is 0. The molecule has 4 N–H and O–H groups in total. The monoisotopic (exact) mass is 331 g/mol. The van der Waals surface area contributed by atoms with Crippen LogP contribution in [0.15, 0.2) is 72.8 Å². The number of nitrogens with two attached hydrogens (primary N) is 2. The van der Waals surface area contributed by atoms with E-state index in [1.165, 1.54) is 22.3 Å². The Kier molecular flexibility index (Phi) is 5.36. The van der Waals surface area contributed by atoms with Crippen LogP contribution in [-0.4, -0.2) is 4.90 Å². The maximum atomic E-state index is 5.81. The molecule has 0 radical (unpaired) electrons. The highest BCUT2D eigenvalue weighted by molar-refractivity contribution is 5.40. The Morgan fingerprint density at radius 2 is 0.880 bits per heavy atom. The quantitative estimate of drug-likeness (QED) is 0.660. The van der Waals surface area contributed by atoms with Crippen molar-refractivity contribution in [3.8, 4) is 0 Å². The average molecular weight is 331 g/mol. The Bertz CT molecular complexity index is 677. The van der Waals surface area contributed by atoms with Crippen LogP contribution in [0.3, 0.4) is 0 Å². The molecule has 0 saturated heterocycles. The SMILES string of the molecule is Cc1ccc(CN(Cc2ccc(N)cc2)Cc2ccc(N)cc2)cc1. The summed E-state index contributed by atoms with van der Waals surface area (Å²) in [6, 6.07) is 25.0. The maximum absolute atomic E-state index is 5.81. The zero-order chi connectivity index (χ0) is 17.6. The van der Waals surface area contributed by atoms with Crippen molar-refractivity contribution >= 4 is 11.4 Å². The predicted molar refractivity (Wildman–Crippen MR) is 106 cm³/mol. The number of hydrogen-bond acceptors (Lipinski definition) is 3. The lowest BCUT2D eigenvalue weighted by molar-refractivity contribution is 0.248. The van der Waals surface area contributed by atoms with Crippen molar-refractivity contribution in [3.05, 3.63) is 95.1 Å². The Hall–Kier alpha value is -2.78. The number of anilines is 2. The number of benzene rings is 3. The standard InChI is InChI=1S/C22H25N3/c1-17-2-4-18(5-3-17)14-25(15-19-6-10-21(23)11-7-19)16-20-8-12-22(24)13-9-20/h2-13H,14-16,23-24H2,1H3. The number of nitrogen functional groups attached to an aromatic ring is 2. The van der Waals surface area contributed by atoms with Gasteiger partial charge >= 0.3 is 0 Å². The van der Waals surface area contributed by atoms with Crippen molar-refractivity contribution in [1.82, 2.24) is 4.90 Å². The van der Waals surface area contributed by atoms with Crippen LogP contribution in [0.25, 0.3) is 0 Å². The zero-order valence-corrected chi connectivity index (χ0v) is 14.7. The average Bonchev–Trinajstić information content (AvgIpc) is 2.61. The third-order valence-corrected chi connectivity index (χ3v) is 4.30. The molecule has 0 amide bonds. The van der Waals surface area contributed by atoms with Gasteiger partial charge in [0.25, 0.3) is 0 Å². The van der Waals surface area contributed by atoms with Gasteiger partial charge in [0.15, 0.2) is 0 Å². The van der Waals surface area contributed by atoms with Gasteiger partial charge in [0, 0.05) is 31.0 Å². The minimum Gasteiger partial charge on any atom is -0.399 e. The molecule has 0 spiro atoms. The second-order valence-electron chi connectivity index (χ2n) is 6.61. The Balaban J connectivity index is 1.77. The molecular formula is C22H25N3. The van der Waals surface area contributed by atoms with E-state index in [1.54, 1.807) is 0 Å². The molecule has 0 heterocycles. The highest BCUT2D eigenvalue weighted by Crippen LogP contribution is 2.16. The molecule has 3 nitrogen and oxygen atoms in total. The minimum absolute atomic E-state index is 0.798. The van der Waals surface area contributed by atoms with Crippen LogP contribution in [0, 0.1) is 6.92 Å². The number of aryl methyl sites for hydroxylation is 1.